The van der Waals surface area contributed by atoms with E-state index in [9.17, 15) is 0 Å². The fourth-order valence-corrected chi connectivity index (χ4v) is 0.876. The molecule has 0 saturated carbocycles. The van der Waals surface area contributed by atoms with Crippen LogP contribution in [0.3, 0.4) is 0 Å². The third-order valence-electron chi connectivity index (χ3n) is 1.41. The van der Waals surface area contributed by atoms with E-state index < -0.39 is 0 Å². The van der Waals surface area contributed by atoms with Crippen LogP contribution in [0.4, 0.5) is 0 Å². The van der Waals surface area contributed by atoms with E-state index in [-0.39, 0.29) is 0 Å². The van der Waals surface area contributed by atoms with Crippen molar-refractivity contribution in [2.75, 3.05) is 0 Å². The highest BCUT2D eigenvalue weighted by molar-refractivity contribution is 5.72. The molecule has 0 aromatic carbocycles. The molecule has 0 radical (unpaired) electrons. The lowest BCUT2D eigenvalue weighted by molar-refractivity contribution is 0.735. The molecule has 0 saturated heterocycles. The van der Waals surface area contributed by atoms with Crippen LogP contribution in [0.2, 0.25) is 0 Å². The molecule has 0 N–H and O–H groups in total. The maximum atomic E-state index is 3.95. The normalized spacial score (nSPS) is 9.46. The topological polar surface area (TPSA) is 43.6 Å². The third kappa shape index (κ3) is 2.24. The number of pyridine rings is 1. The van der Waals surface area contributed by atoms with E-state index in [0.717, 1.165) is 11.0 Å². The van der Waals surface area contributed by atoms with Crippen molar-refractivity contribution in [3.63, 3.8) is 0 Å². The summed E-state index contributed by atoms with van der Waals surface area (Å²) in [5.41, 5.74) is 1.85. The van der Waals surface area contributed by atoms with Crippen molar-refractivity contribution in [2.24, 2.45) is 7.05 Å². The van der Waals surface area contributed by atoms with E-state index in [2.05, 4.69) is 29.1 Å². The molecule has 0 atom stereocenters. The zero-order valence-corrected chi connectivity index (χ0v) is 8.23. The molecule has 0 amide bonds. The van der Waals surface area contributed by atoms with Crippen LogP contribution in [0, 0.1) is 0 Å². The molecule has 0 aliphatic rings. The van der Waals surface area contributed by atoms with Gasteiger partial charge in [-0.25, -0.2) is 4.68 Å². The van der Waals surface area contributed by atoms with Crippen LogP contribution < -0.4 is 0 Å². The molecule has 0 spiro atoms. The smallest absolute Gasteiger partial charge is 0.116 e. The highest BCUT2D eigenvalue weighted by Crippen LogP contribution is 2.04. The molecule has 13 heavy (non-hydrogen) atoms. The number of aryl methyl sites for hydroxylation is 1. The van der Waals surface area contributed by atoms with Gasteiger partial charge < -0.3 is 0 Å². The molecule has 70 valence electrons. The van der Waals surface area contributed by atoms with Crippen molar-refractivity contribution in [3.05, 3.63) is 18.5 Å². The fraction of sp³-hybridized carbons (Fsp3) is 0.444. The summed E-state index contributed by atoms with van der Waals surface area (Å²) in [6, 6.07) is 1.84. The van der Waals surface area contributed by atoms with Crippen molar-refractivity contribution in [2.45, 2.75) is 20.3 Å². The van der Waals surface area contributed by atoms with Crippen LogP contribution in [0.5, 0.6) is 0 Å². The second-order valence-corrected chi connectivity index (χ2v) is 2.78. The van der Waals surface area contributed by atoms with Gasteiger partial charge in [0.05, 0.1) is 6.20 Å². The predicted molar refractivity (Wildman–Crippen MR) is 52.3 cm³/mol. The number of hydrogen-bond acceptors (Lipinski definition) is 3. The van der Waals surface area contributed by atoms with Gasteiger partial charge in [0, 0.05) is 13.2 Å². The SMILES string of the molecule is CCC.Cn1nnc2ccncc21. The van der Waals surface area contributed by atoms with E-state index in [1.807, 2.05) is 13.1 Å². The van der Waals surface area contributed by atoms with Gasteiger partial charge in [0.2, 0.25) is 0 Å². The Kier molecular flexibility index (Phi) is 3.37. The molecule has 4 heteroatoms. The van der Waals surface area contributed by atoms with E-state index in [1.165, 1.54) is 6.42 Å². The number of aromatic nitrogens is 4. The minimum absolute atomic E-state index is 0.887. The molecule has 0 aliphatic carbocycles. The maximum Gasteiger partial charge on any atom is 0.116 e. The maximum absolute atomic E-state index is 3.95. The Labute approximate surface area is 77.6 Å². The largest absolute Gasteiger partial charge is 0.262 e. The molecular weight excluding hydrogens is 164 g/mol. The average molecular weight is 178 g/mol. The van der Waals surface area contributed by atoms with Gasteiger partial charge in [0.25, 0.3) is 0 Å². The van der Waals surface area contributed by atoms with Crippen molar-refractivity contribution in [3.8, 4) is 0 Å². The lowest BCUT2D eigenvalue weighted by Crippen LogP contribution is -1.89. The first-order valence-corrected chi connectivity index (χ1v) is 4.39. The van der Waals surface area contributed by atoms with Gasteiger partial charge in [-0.3, -0.25) is 4.98 Å². The Bertz CT molecular complexity index is 366. The summed E-state index contributed by atoms with van der Waals surface area (Å²) in [7, 11) is 1.84. The van der Waals surface area contributed by atoms with Gasteiger partial charge in [-0.15, -0.1) is 5.10 Å². The Morgan fingerprint density at radius 1 is 1.38 bits per heavy atom. The summed E-state index contributed by atoms with van der Waals surface area (Å²) in [5, 5.41) is 7.71. The Morgan fingerprint density at radius 3 is 2.69 bits per heavy atom. The number of rotatable bonds is 0. The molecule has 0 unspecified atom stereocenters. The molecule has 2 rings (SSSR count). The first kappa shape index (κ1) is 9.64. The molecule has 0 fully saturated rings. The highest BCUT2D eigenvalue weighted by atomic mass is 15.4. The molecule has 2 aromatic rings. The monoisotopic (exact) mass is 178 g/mol. The van der Waals surface area contributed by atoms with E-state index >= 15 is 0 Å². The van der Waals surface area contributed by atoms with Gasteiger partial charge in [0.1, 0.15) is 11.0 Å². The van der Waals surface area contributed by atoms with Gasteiger partial charge in [-0.2, -0.15) is 0 Å². The van der Waals surface area contributed by atoms with Crippen LogP contribution in [0.1, 0.15) is 20.3 Å². The Morgan fingerprint density at radius 2 is 2.08 bits per heavy atom. The lowest BCUT2D eigenvalue weighted by Gasteiger charge is -1.86. The standard InChI is InChI=1S/C6H6N4.C3H8/c1-10-6-4-7-3-2-5(6)8-9-10;1-3-2/h2-4H,1H3;3H2,1-2H3. The first-order valence-electron chi connectivity index (χ1n) is 4.39. The summed E-state index contributed by atoms with van der Waals surface area (Å²) in [6.07, 6.45) is 4.70. The van der Waals surface area contributed by atoms with Crippen LogP contribution in [-0.2, 0) is 7.05 Å². The van der Waals surface area contributed by atoms with Crippen LogP contribution >= 0.6 is 0 Å². The Hall–Kier alpha value is -1.45. The zero-order valence-electron chi connectivity index (χ0n) is 8.23. The minimum atomic E-state index is 0.887. The van der Waals surface area contributed by atoms with Crippen LogP contribution in [0.15, 0.2) is 18.5 Å². The second kappa shape index (κ2) is 4.54. The summed E-state index contributed by atoms with van der Waals surface area (Å²) < 4.78 is 1.70. The summed E-state index contributed by atoms with van der Waals surface area (Å²) in [4.78, 5) is 3.95. The van der Waals surface area contributed by atoms with E-state index in [4.69, 9.17) is 0 Å². The molecule has 2 aromatic heterocycles. The number of hydrogen-bond donors (Lipinski definition) is 0. The summed E-state index contributed by atoms with van der Waals surface area (Å²) in [6.45, 7) is 4.25. The van der Waals surface area contributed by atoms with E-state index in [1.54, 1.807) is 17.1 Å². The quantitative estimate of drug-likeness (QED) is 0.617. The van der Waals surface area contributed by atoms with Gasteiger partial charge in [-0.05, 0) is 6.07 Å². The van der Waals surface area contributed by atoms with Gasteiger partial charge in [0.15, 0.2) is 0 Å². The molecule has 4 nitrogen and oxygen atoms in total. The predicted octanol–water partition coefficient (Wildman–Crippen LogP) is 1.78. The molecule has 0 bridgehead atoms. The number of nitrogens with zero attached hydrogens (tertiary/aromatic N) is 4. The summed E-state index contributed by atoms with van der Waals surface area (Å²) in [5.74, 6) is 0. The Balaban J connectivity index is 0.000000251. The van der Waals surface area contributed by atoms with Crippen molar-refractivity contribution < 1.29 is 0 Å². The van der Waals surface area contributed by atoms with Gasteiger partial charge >= 0.3 is 0 Å². The van der Waals surface area contributed by atoms with Gasteiger partial charge in [-0.1, -0.05) is 25.5 Å². The average Bonchev–Trinajstić information content (AvgIpc) is 2.50. The fourth-order valence-electron chi connectivity index (χ4n) is 0.876. The zero-order chi connectivity index (χ0) is 9.68. The molecule has 2 heterocycles. The van der Waals surface area contributed by atoms with E-state index in [0.29, 0.717) is 0 Å². The van der Waals surface area contributed by atoms with Crippen LogP contribution in [-0.4, -0.2) is 20.0 Å². The highest BCUT2D eigenvalue weighted by Gasteiger charge is 1.96. The molecular formula is C9H14N4. The second-order valence-electron chi connectivity index (χ2n) is 2.78. The lowest BCUT2D eigenvalue weighted by atomic mass is 10.4. The third-order valence-corrected chi connectivity index (χ3v) is 1.41. The first-order chi connectivity index (χ1) is 6.29. The van der Waals surface area contributed by atoms with Crippen molar-refractivity contribution >= 4 is 11.0 Å². The van der Waals surface area contributed by atoms with Crippen molar-refractivity contribution in [1.29, 1.82) is 0 Å². The summed E-state index contributed by atoms with van der Waals surface area (Å²) >= 11 is 0. The van der Waals surface area contributed by atoms with Crippen molar-refractivity contribution in [1.82, 2.24) is 20.0 Å². The molecule has 0 aliphatic heterocycles. The minimum Gasteiger partial charge on any atom is -0.262 e. The van der Waals surface area contributed by atoms with Crippen LogP contribution in [0.25, 0.3) is 11.0 Å². The number of fused-ring (bicyclic) bond motifs is 1.